The van der Waals surface area contributed by atoms with Gasteiger partial charge in [0.1, 0.15) is 11.6 Å². The number of carbonyl (C=O) groups excluding carboxylic acids is 1. The van der Waals surface area contributed by atoms with Gasteiger partial charge in [0.25, 0.3) is 5.91 Å². The summed E-state index contributed by atoms with van der Waals surface area (Å²) in [7, 11) is 0. The molecule has 2 N–H and O–H groups in total. The largest absolute Gasteiger partial charge is 0.384 e. The van der Waals surface area contributed by atoms with Crippen molar-refractivity contribution in [3.8, 4) is 0 Å². The highest BCUT2D eigenvalue weighted by Crippen LogP contribution is 2.27. The van der Waals surface area contributed by atoms with Gasteiger partial charge >= 0.3 is 0 Å². The van der Waals surface area contributed by atoms with Crippen LogP contribution >= 0.6 is 11.6 Å². The molecule has 0 radical (unpaired) electrons. The number of aromatic nitrogens is 1. The maximum atomic E-state index is 13.2. The maximum Gasteiger partial charge on any atom is 0.258 e. The summed E-state index contributed by atoms with van der Waals surface area (Å²) in [6.45, 7) is 4.98. The van der Waals surface area contributed by atoms with Crippen LogP contribution in [0.15, 0.2) is 66.9 Å². The Morgan fingerprint density at radius 2 is 1.85 bits per heavy atom. The number of hydrogen-bond acceptors (Lipinski definition) is 4. The number of halogens is 2. The lowest BCUT2D eigenvalue weighted by atomic mass is 9.94. The zero-order valence-electron chi connectivity index (χ0n) is 18.6. The highest BCUT2D eigenvalue weighted by Gasteiger charge is 2.24. The third-order valence-corrected chi connectivity index (χ3v) is 6.49. The number of pyridine rings is 1. The number of rotatable bonds is 7. The fourth-order valence-electron chi connectivity index (χ4n) is 4.22. The van der Waals surface area contributed by atoms with Crippen LogP contribution in [0, 0.1) is 11.7 Å². The molecule has 172 valence electrons. The van der Waals surface area contributed by atoms with Gasteiger partial charge in [0.2, 0.25) is 0 Å². The number of likely N-dealkylation sites (tertiary alicyclic amines) is 1. The molecule has 0 bridgehead atoms. The van der Waals surface area contributed by atoms with Gasteiger partial charge in [-0.3, -0.25) is 9.69 Å². The summed E-state index contributed by atoms with van der Waals surface area (Å²) >= 11 is 5.87. The van der Waals surface area contributed by atoms with E-state index in [4.69, 9.17) is 11.6 Å². The minimum absolute atomic E-state index is 0.200. The van der Waals surface area contributed by atoms with Crippen LogP contribution in [-0.2, 0) is 0 Å². The molecule has 33 heavy (non-hydrogen) atoms. The molecule has 5 nitrogen and oxygen atoms in total. The number of nitrogens with zero attached hydrogens (tertiary/aromatic N) is 2. The van der Waals surface area contributed by atoms with Crippen LogP contribution in [0.3, 0.4) is 0 Å². The summed E-state index contributed by atoms with van der Waals surface area (Å²) in [6, 6.07) is 17.9. The van der Waals surface area contributed by atoms with Crippen LogP contribution in [0.4, 0.5) is 15.9 Å². The Hall–Kier alpha value is -2.96. The molecule has 2 heterocycles. The first-order valence-electron chi connectivity index (χ1n) is 11.2. The summed E-state index contributed by atoms with van der Waals surface area (Å²) in [5.74, 6) is 0.572. The van der Waals surface area contributed by atoms with Gasteiger partial charge in [-0.2, -0.15) is 0 Å². The van der Waals surface area contributed by atoms with E-state index in [-0.39, 0.29) is 17.8 Å². The van der Waals surface area contributed by atoms with E-state index in [2.05, 4.69) is 27.4 Å². The Labute approximate surface area is 199 Å². The summed E-state index contributed by atoms with van der Waals surface area (Å²) in [6.07, 6.45) is 3.65. The molecule has 3 aromatic rings. The van der Waals surface area contributed by atoms with Crippen molar-refractivity contribution in [1.82, 2.24) is 9.88 Å². The smallest absolute Gasteiger partial charge is 0.258 e. The first kappa shape index (κ1) is 23.2. The normalized spacial score (nSPS) is 15.7. The predicted molar refractivity (Wildman–Crippen MR) is 131 cm³/mol. The number of anilines is 2. The highest BCUT2D eigenvalue weighted by atomic mass is 35.5. The number of nitrogens with one attached hydrogen (secondary N) is 2. The molecule has 0 spiro atoms. The third-order valence-electron chi connectivity index (χ3n) is 6.27. The van der Waals surface area contributed by atoms with Crippen LogP contribution in [0.2, 0.25) is 5.02 Å². The summed E-state index contributed by atoms with van der Waals surface area (Å²) in [5, 5.41) is 6.82. The predicted octanol–water partition coefficient (Wildman–Crippen LogP) is 6.01. The van der Waals surface area contributed by atoms with Crippen molar-refractivity contribution in [3.05, 3.63) is 88.8 Å². The maximum absolute atomic E-state index is 13.2. The number of para-hydroxylation sites is 1. The molecule has 0 aliphatic carbocycles. The average molecular weight is 467 g/mol. The Bertz CT molecular complexity index is 1070. The van der Waals surface area contributed by atoms with Crippen LogP contribution < -0.4 is 10.6 Å². The van der Waals surface area contributed by atoms with E-state index in [1.807, 2.05) is 30.3 Å². The molecule has 1 aromatic heterocycles. The fourth-order valence-corrected chi connectivity index (χ4v) is 4.33. The van der Waals surface area contributed by atoms with E-state index in [9.17, 15) is 9.18 Å². The molecular weight excluding hydrogens is 439 g/mol. The van der Waals surface area contributed by atoms with Gasteiger partial charge in [-0.15, -0.1) is 0 Å². The second-order valence-corrected chi connectivity index (χ2v) is 8.89. The van der Waals surface area contributed by atoms with E-state index >= 15 is 0 Å². The first-order valence-corrected chi connectivity index (χ1v) is 11.6. The van der Waals surface area contributed by atoms with E-state index in [1.165, 1.54) is 18.3 Å². The Morgan fingerprint density at radius 3 is 2.55 bits per heavy atom. The van der Waals surface area contributed by atoms with Crippen molar-refractivity contribution < 1.29 is 9.18 Å². The second kappa shape index (κ2) is 10.8. The minimum atomic E-state index is -0.212. The van der Waals surface area contributed by atoms with E-state index in [0.717, 1.165) is 43.7 Å². The van der Waals surface area contributed by atoms with Gasteiger partial charge in [-0.25, -0.2) is 9.37 Å². The molecule has 1 unspecified atom stereocenters. The van der Waals surface area contributed by atoms with E-state index in [1.54, 1.807) is 18.2 Å². The van der Waals surface area contributed by atoms with Gasteiger partial charge in [0, 0.05) is 24.5 Å². The van der Waals surface area contributed by atoms with E-state index in [0.29, 0.717) is 22.3 Å². The number of hydrogen-bond donors (Lipinski definition) is 2. The lowest BCUT2D eigenvalue weighted by Gasteiger charge is -2.36. The van der Waals surface area contributed by atoms with Gasteiger partial charge in [-0.1, -0.05) is 35.9 Å². The number of carbonyl (C=O) groups is 1. The lowest BCUT2D eigenvalue weighted by Crippen LogP contribution is -2.37. The monoisotopic (exact) mass is 466 g/mol. The minimum Gasteiger partial charge on any atom is -0.384 e. The molecule has 1 amide bonds. The highest BCUT2D eigenvalue weighted by molar-refractivity contribution is 6.30. The molecule has 1 saturated heterocycles. The zero-order chi connectivity index (χ0) is 23.2. The van der Waals surface area contributed by atoms with Crippen molar-refractivity contribution in [2.75, 3.05) is 30.3 Å². The zero-order valence-corrected chi connectivity index (χ0v) is 19.4. The summed E-state index contributed by atoms with van der Waals surface area (Å²) in [5.41, 5.74) is 2.53. The number of piperidine rings is 1. The Morgan fingerprint density at radius 1 is 1.12 bits per heavy atom. The van der Waals surface area contributed by atoms with Crippen molar-refractivity contribution in [1.29, 1.82) is 0 Å². The summed E-state index contributed by atoms with van der Waals surface area (Å²) < 4.78 is 13.2. The van der Waals surface area contributed by atoms with Crippen LogP contribution in [0.5, 0.6) is 0 Å². The van der Waals surface area contributed by atoms with Crippen molar-refractivity contribution in [2.24, 2.45) is 5.92 Å². The standard InChI is InChI=1S/C26H28ClFN4O/c1-18(20-6-9-22(28)10-7-20)32-14-12-19(13-15-32)16-29-24-5-3-2-4-23(24)26(33)31-25-11-8-21(27)17-30-25/h2-11,17-19,29H,12-16H2,1H3,(H,30,31,33). The van der Waals surface area contributed by atoms with Crippen LogP contribution in [-0.4, -0.2) is 35.4 Å². The molecule has 2 aromatic carbocycles. The molecule has 0 saturated carbocycles. The quantitative estimate of drug-likeness (QED) is 0.447. The number of amides is 1. The molecule has 7 heteroatoms. The molecule has 4 rings (SSSR count). The van der Waals surface area contributed by atoms with Gasteiger partial charge in [0.05, 0.1) is 10.6 Å². The topological polar surface area (TPSA) is 57.3 Å². The number of benzene rings is 2. The molecule has 1 aliphatic heterocycles. The Kier molecular flexibility index (Phi) is 7.57. The van der Waals surface area contributed by atoms with E-state index < -0.39 is 0 Å². The van der Waals surface area contributed by atoms with Crippen LogP contribution in [0.1, 0.15) is 41.7 Å². The van der Waals surface area contributed by atoms with Gasteiger partial charge in [0.15, 0.2) is 0 Å². The van der Waals surface area contributed by atoms with Crippen molar-refractivity contribution >= 4 is 29.0 Å². The Balaban J connectivity index is 1.30. The molecule has 1 fully saturated rings. The SMILES string of the molecule is CC(c1ccc(F)cc1)N1CCC(CNc2ccccc2C(=O)Nc2ccc(Cl)cn2)CC1. The van der Waals surface area contributed by atoms with Gasteiger partial charge in [-0.05, 0) is 80.7 Å². The van der Waals surface area contributed by atoms with Crippen LogP contribution in [0.25, 0.3) is 0 Å². The third kappa shape index (κ3) is 6.09. The summed E-state index contributed by atoms with van der Waals surface area (Å²) in [4.78, 5) is 19.4. The average Bonchev–Trinajstić information content (AvgIpc) is 2.85. The van der Waals surface area contributed by atoms with Crippen molar-refractivity contribution in [3.63, 3.8) is 0 Å². The van der Waals surface area contributed by atoms with Gasteiger partial charge < -0.3 is 10.6 Å². The fraction of sp³-hybridized carbons (Fsp3) is 0.308. The lowest BCUT2D eigenvalue weighted by molar-refractivity contribution is 0.102. The van der Waals surface area contributed by atoms with Crippen molar-refractivity contribution in [2.45, 2.75) is 25.8 Å². The molecular formula is C26H28ClFN4O. The molecule has 1 atom stereocenters. The second-order valence-electron chi connectivity index (χ2n) is 8.45. The first-order chi connectivity index (χ1) is 16.0. The molecule has 1 aliphatic rings.